The number of benzene rings is 1. The monoisotopic (exact) mass is 280 g/mol. The van der Waals surface area contributed by atoms with Gasteiger partial charge in [-0.3, -0.25) is 0 Å². The van der Waals surface area contributed by atoms with Crippen molar-refractivity contribution in [3.05, 3.63) is 30.3 Å². The lowest BCUT2D eigenvalue weighted by atomic mass is 10.2. The molecule has 4 heteroatoms. The second-order valence-electron chi connectivity index (χ2n) is 5.97. The summed E-state index contributed by atoms with van der Waals surface area (Å²) in [5.41, 5.74) is 1.27. The van der Waals surface area contributed by atoms with Crippen LogP contribution in [0.4, 0.5) is 14.5 Å². The number of hydrogen-bond donors (Lipinski definition) is 0. The molecule has 3 rings (SSSR count). The van der Waals surface area contributed by atoms with Gasteiger partial charge in [0.25, 0.3) is 5.92 Å². The molecule has 1 saturated heterocycles. The van der Waals surface area contributed by atoms with Crippen molar-refractivity contribution >= 4 is 5.69 Å². The molecule has 1 aliphatic carbocycles. The second-order valence-corrected chi connectivity index (χ2v) is 5.97. The first-order chi connectivity index (χ1) is 9.65. The number of para-hydroxylation sites is 1. The van der Waals surface area contributed by atoms with E-state index in [0.717, 1.165) is 39.1 Å². The third kappa shape index (κ3) is 3.29. The van der Waals surface area contributed by atoms with Crippen LogP contribution >= 0.6 is 0 Å². The van der Waals surface area contributed by atoms with Crippen LogP contribution in [0.15, 0.2) is 30.3 Å². The molecule has 0 unspecified atom stereocenters. The number of rotatable bonds is 4. The van der Waals surface area contributed by atoms with E-state index in [1.807, 2.05) is 6.07 Å². The van der Waals surface area contributed by atoms with E-state index in [9.17, 15) is 8.78 Å². The molecule has 20 heavy (non-hydrogen) atoms. The molecule has 1 aliphatic heterocycles. The molecule has 1 aromatic carbocycles. The normalized spacial score (nSPS) is 26.3. The van der Waals surface area contributed by atoms with E-state index in [4.69, 9.17) is 0 Å². The number of halogens is 2. The van der Waals surface area contributed by atoms with E-state index in [1.54, 1.807) is 0 Å². The van der Waals surface area contributed by atoms with E-state index in [0.29, 0.717) is 6.42 Å². The first kappa shape index (κ1) is 13.8. The van der Waals surface area contributed by atoms with Gasteiger partial charge in [-0.2, -0.15) is 0 Å². The zero-order chi connectivity index (χ0) is 14.0. The second kappa shape index (κ2) is 5.68. The summed E-state index contributed by atoms with van der Waals surface area (Å²) in [5.74, 6) is -2.71. The standard InChI is InChI=1S/C16H22F2N2/c17-16(18)13-14(16)7-10-19-8-4-9-20(12-11-19)15-5-2-1-3-6-15/h1-3,5-6,14H,4,7-13H2/t14-/m1/s1. The summed E-state index contributed by atoms with van der Waals surface area (Å²) in [6.07, 6.45) is 1.87. The minimum Gasteiger partial charge on any atom is -0.370 e. The van der Waals surface area contributed by atoms with Crippen LogP contribution in [-0.4, -0.2) is 43.5 Å². The van der Waals surface area contributed by atoms with Gasteiger partial charge in [-0.05, 0) is 38.1 Å². The third-order valence-corrected chi connectivity index (χ3v) is 4.46. The molecular formula is C16H22F2N2. The molecular weight excluding hydrogens is 258 g/mol. The predicted molar refractivity (Wildman–Crippen MR) is 77.4 cm³/mol. The summed E-state index contributed by atoms with van der Waals surface area (Å²) in [5, 5.41) is 0. The first-order valence-electron chi connectivity index (χ1n) is 7.55. The molecule has 2 aliphatic rings. The Hall–Kier alpha value is -1.16. The van der Waals surface area contributed by atoms with Gasteiger partial charge < -0.3 is 9.80 Å². The van der Waals surface area contributed by atoms with Crippen molar-refractivity contribution in [2.45, 2.75) is 25.2 Å². The van der Waals surface area contributed by atoms with Crippen molar-refractivity contribution in [1.82, 2.24) is 4.90 Å². The molecule has 0 spiro atoms. The molecule has 2 fully saturated rings. The summed E-state index contributed by atoms with van der Waals surface area (Å²) in [4.78, 5) is 4.74. The highest BCUT2D eigenvalue weighted by Crippen LogP contribution is 2.50. The van der Waals surface area contributed by atoms with Gasteiger partial charge in [0.05, 0.1) is 0 Å². The Labute approximate surface area is 119 Å². The van der Waals surface area contributed by atoms with Gasteiger partial charge in [-0.25, -0.2) is 8.78 Å². The summed E-state index contributed by atoms with van der Waals surface area (Å²) in [7, 11) is 0. The summed E-state index contributed by atoms with van der Waals surface area (Å²) in [6, 6.07) is 10.4. The maximum absolute atomic E-state index is 12.9. The highest BCUT2D eigenvalue weighted by Gasteiger charge is 2.56. The van der Waals surface area contributed by atoms with Crippen LogP contribution in [0.1, 0.15) is 19.3 Å². The number of hydrogen-bond acceptors (Lipinski definition) is 2. The summed E-state index contributed by atoms with van der Waals surface area (Å²) < 4.78 is 25.8. The van der Waals surface area contributed by atoms with Crippen molar-refractivity contribution in [3.8, 4) is 0 Å². The maximum Gasteiger partial charge on any atom is 0.251 e. The molecule has 0 amide bonds. The summed E-state index contributed by atoms with van der Waals surface area (Å²) >= 11 is 0. The Morgan fingerprint density at radius 1 is 1.05 bits per heavy atom. The summed E-state index contributed by atoms with van der Waals surface area (Å²) in [6.45, 7) is 4.88. The lowest BCUT2D eigenvalue weighted by molar-refractivity contribution is 0.0939. The molecule has 1 aromatic rings. The average molecular weight is 280 g/mol. The Morgan fingerprint density at radius 2 is 1.80 bits per heavy atom. The molecule has 1 heterocycles. The Bertz CT molecular complexity index is 435. The molecule has 0 N–H and O–H groups in total. The molecule has 0 bridgehead atoms. The van der Waals surface area contributed by atoms with Crippen LogP contribution in [0.3, 0.4) is 0 Å². The van der Waals surface area contributed by atoms with Gasteiger partial charge in [0.15, 0.2) is 0 Å². The number of alkyl halides is 2. The van der Waals surface area contributed by atoms with Gasteiger partial charge in [-0.15, -0.1) is 0 Å². The van der Waals surface area contributed by atoms with E-state index in [2.05, 4.69) is 34.1 Å². The number of anilines is 1. The van der Waals surface area contributed by atoms with Gasteiger partial charge in [0.2, 0.25) is 0 Å². The molecule has 0 aromatic heterocycles. The highest BCUT2D eigenvalue weighted by atomic mass is 19.3. The molecule has 2 nitrogen and oxygen atoms in total. The molecule has 1 atom stereocenters. The predicted octanol–water partition coefficient (Wildman–Crippen LogP) is 3.24. The van der Waals surface area contributed by atoms with Gasteiger partial charge >= 0.3 is 0 Å². The van der Waals surface area contributed by atoms with Gasteiger partial charge in [-0.1, -0.05) is 18.2 Å². The van der Waals surface area contributed by atoms with Crippen molar-refractivity contribution < 1.29 is 8.78 Å². The zero-order valence-electron chi connectivity index (χ0n) is 11.8. The smallest absolute Gasteiger partial charge is 0.251 e. The van der Waals surface area contributed by atoms with E-state index in [-0.39, 0.29) is 12.3 Å². The van der Waals surface area contributed by atoms with Crippen molar-refractivity contribution in [3.63, 3.8) is 0 Å². The van der Waals surface area contributed by atoms with Gasteiger partial charge in [0.1, 0.15) is 0 Å². The maximum atomic E-state index is 12.9. The quantitative estimate of drug-likeness (QED) is 0.835. The Balaban J connectivity index is 1.47. The van der Waals surface area contributed by atoms with Crippen LogP contribution < -0.4 is 4.90 Å². The fourth-order valence-corrected chi connectivity index (χ4v) is 3.01. The average Bonchev–Trinajstić information content (AvgIpc) is 3.13. The lowest BCUT2D eigenvalue weighted by Crippen LogP contribution is -2.31. The Morgan fingerprint density at radius 3 is 2.50 bits per heavy atom. The van der Waals surface area contributed by atoms with Crippen LogP contribution in [-0.2, 0) is 0 Å². The van der Waals surface area contributed by atoms with Crippen molar-refractivity contribution in [2.75, 3.05) is 37.6 Å². The SMILES string of the molecule is FC1(F)C[C@H]1CCN1CCCN(c2ccccc2)CC1. The molecule has 110 valence electrons. The molecule has 1 saturated carbocycles. The fourth-order valence-electron chi connectivity index (χ4n) is 3.01. The largest absolute Gasteiger partial charge is 0.370 e. The number of nitrogens with zero attached hydrogens (tertiary/aromatic N) is 2. The van der Waals surface area contributed by atoms with Crippen LogP contribution in [0.5, 0.6) is 0 Å². The highest BCUT2D eigenvalue weighted by molar-refractivity contribution is 5.46. The van der Waals surface area contributed by atoms with Crippen molar-refractivity contribution in [1.29, 1.82) is 0 Å². The van der Waals surface area contributed by atoms with Crippen molar-refractivity contribution in [2.24, 2.45) is 5.92 Å². The lowest BCUT2D eigenvalue weighted by Gasteiger charge is -2.23. The van der Waals surface area contributed by atoms with Crippen LogP contribution in [0, 0.1) is 5.92 Å². The third-order valence-electron chi connectivity index (χ3n) is 4.46. The Kier molecular flexibility index (Phi) is 3.92. The van der Waals surface area contributed by atoms with Crippen LogP contribution in [0.25, 0.3) is 0 Å². The fraction of sp³-hybridized carbons (Fsp3) is 0.625. The molecule has 0 radical (unpaired) electrons. The van der Waals surface area contributed by atoms with Crippen LogP contribution in [0.2, 0.25) is 0 Å². The minimum atomic E-state index is -2.36. The minimum absolute atomic E-state index is 0.108. The van der Waals surface area contributed by atoms with E-state index < -0.39 is 5.92 Å². The zero-order valence-corrected chi connectivity index (χ0v) is 11.8. The van der Waals surface area contributed by atoms with Gasteiger partial charge in [0, 0.05) is 37.7 Å². The van der Waals surface area contributed by atoms with E-state index in [1.165, 1.54) is 5.69 Å². The first-order valence-corrected chi connectivity index (χ1v) is 7.55. The topological polar surface area (TPSA) is 6.48 Å². The van der Waals surface area contributed by atoms with E-state index >= 15 is 0 Å².